The molecule has 2 heterocycles. The first kappa shape index (κ1) is 12.7. The van der Waals surface area contributed by atoms with Crippen molar-refractivity contribution in [3.63, 3.8) is 0 Å². The van der Waals surface area contributed by atoms with Crippen molar-refractivity contribution in [2.45, 2.75) is 34.2 Å². The first-order chi connectivity index (χ1) is 8.63. The molecule has 0 aromatic carbocycles. The molecule has 0 saturated heterocycles. The Morgan fingerprint density at radius 3 is 2.61 bits per heavy atom. The van der Waals surface area contributed by atoms with Gasteiger partial charge in [-0.15, -0.1) is 0 Å². The Bertz CT molecular complexity index is 544. The summed E-state index contributed by atoms with van der Waals surface area (Å²) in [6, 6.07) is 0. The van der Waals surface area contributed by atoms with Crippen LogP contribution in [0, 0.1) is 20.8 Å². The number of imidazole rings is 1. The SMILES string of the molecule is CCNCc1cnc(C)nc1-n1cnc(C)c1C. The highest BCUT2D eigenvalue weighted by atomic mass is 15.1. The minimum absolute atomic E-state index is 0.767. The average molecular weight is 245 g/mol. The summed E-state index contributed by atoms with van der Waals surface area (Å²) in [5, 5.41) is 3.31. The molecule has 0 aliphatic heterocycles. The van der Waals surface area contributed by atoms with Crippen LogP contribution in [-0.4, -0.2) is 26.1 Å². The maximum absolute atomic E-state index is 4.54. The van der Waals surface area contributed by atoms with E-state index >= 15 is 0 Å². The highest BCUT2D eigenvalue weighted by molar-refractivity contribution is 5.35. The van der Waals surface area contributed by atoms with Gasteiger partial charge in [0.1, 0.15) is 18.0 Å². The topological polar surface area (TPSA) is 55.6 Å². The standard InChI is InChI=1S/C13H19N5/c1-5-14-6-12-7-15-11(4)17-13(12)18-8-16-9(2)10(18)3/h7-8,14H,5-6H2,1-4H3. The fourth-order valence-corrected chi connectivity index (χ4v) is 1.79. The maximum Gasteiger partial charge on any atom is 0.146 e. The number of nitrogens with zero attached hydrogens (tertiary/aromatic N) is 4. The molecule has 0 unspecified atom stereocenters. The summed E-state index contributed by atoms with van der Waals surface area (Å²) in [4.78, 5) is 13.1. The Labute approximate surface area is 107 Å². The fourth-order valence-electron chi connectivity index (χ4n) is 1.79. The lowest BCUT2D eigenvalue weighted by Gasteiger charge is -2.11. The summed E-state index contributed by atoms with van der Waals surface area (Å²) in [5.41, 5.74) is 3.23. The van der Waals surface area contributed by atoms with Gasteiger partial charge in [0.25, 0.3) is 0 Å². The first-order valence-electron chi connectivity index (χ1n) is 6.17. The van der Waals surface area contributed by atoms with E-state index in [0.717, 1.165) is 41.7 Å². The van der Waals surface area contributed by atoms with Gasteiger partial charge in [0, 0.05) is 24.0 Å². The smallest absolute Gasteiger partial charge is 0.146 e. The number of hydrogen-bond acceptors (Lipinski definition) is 4. The zero-order chi connectivity index (χ0) is 13.1. The predicted molar refractivity (Wildman–Crippen MR) is 70.7 cm³/mol. The molecular formula is C13H19N5. The third-order valence-electron chi connectivity index (χ3n) is 3.01. The van der Waals surface area contributed by atoms with Crippen molar-refractivity contribution in [2.75, 3.05) is 6.54 Å². The van der Waals surface area contributed by atoms with Crippen LogP contribution in [0.15, 0.2) is 12.5 Å². The van der Waals surface area contributed by atoms with Gasteiger partial charge in [-0.05, 0) is 27.3 Å². The number of hydrogen-bond donors (Lipinski definition) is 1. The molecule has 0 aliphatic carbocycles. The van der Waals surface area contributed by atoms with Crippen molar-refractivity contribution in [3.8, 4) is 5.82 Å². The predicted octanol–water partition coefficient (Wildman–Crippen LogP) is 1.70. The molecule has 0 radical (unpaired) electrons. The molecule has 1 N–H and O–H groups in total. The number of rotatable bonds is 4. The van der Waals surface area contributed by atoms with Crippen LogP contribution in [0.1, 0.15) is 29.7 Å². The molecule has 0 spiro atoms. The Morgan fingerprint density at radius 2 is 2.00 bits per heavy atom. The molecule has 5 nitrogen and oxygen atoms in total. The molecule has 2 aromatic rings. The molecule has 18 heavy (non-hydrogen) atoms. The normalized spacial score (nSPS) is 10.9. The summed E-state index contributed by atoms with van der Waals surface area (Å²) in [7, 11) is 0. The molecule has 0 saturated carbocycles. The van der Waals surface area contributed by atoms with Gasteiger partial charge in [-0.3, -0.25) is 4.57 Å². The molecule has 0 bridgehead atoms. The zero-order valence-corrected chi connectivity index (χ0v) is 11.4. The van der Waals surface area contributed by atoms with Crippen LogP contribution < -0.4 is 5.32 Å². The summed E-state index contributed by atoms with van der Waals surface area (Å²) in [5.74, 6) is 1.69. The van der Waals surface area contributed by atoms with E-state index in [1.54, 1.807) is 0 Å². The molecule has 0 atom stereocenters. The van der Waals surface area contributed by atoms with Crippen LogP contribution in [0.3, 0.4) is 0 Å². The lowest BCUT2D eigenvalue weighted by Crippen LogP contribution is -2.16. The summed E-state index contributed by atoms with van der Waals surface area (Å²) < 4.78 is 2.02. The fraction of sp³-hybridized carbons (Fsp3) is 0.462. The van der Waals surface area contributed by atoms with Gasteiger partial charge in [-0.25, -0.2) is 15.0 Å². The molecule has 0 fully saturated rings. The van der Waals surface area contributed by atoms with Gasteiger partial charge in [0.05, 0.1) is 5.69 Å². The molecule has 96 valence electrons. The van der Waals surface area contributed by atoms with Gasteiger partial charge in [-0.2, -0.15) is 0 Å². The van der Waals surface area contributed by atoms with Crippen molar-refractivity contribution in [3.05, 3.63) is 35.3 Å². The number of aromatic nitrogens is 4. The van der Waals surface area contributed by atoms with Gasteiger partial charge in [-0.1, -0.05) is 6.92 Å². The maximum atomic E-state index is 4.54. The van der Waals surface area contributed by atoms with E-state index in [0.29, 0.717) is 0 Å². The van der Waals surface area contributed by atoms with Crippen LogP contribution in [0.25, 0.3) is 5.82 Å². The lowest BCUT2D eigenvalue weighted by atomic mass is 10.2. The number of aryl methyl sites for hydroxylation is 2. The van der Waals surface area contributed by atoms with Crippen molar-refractivity contribution in [2.24, 2.45) is 0 Å². The van der Waals surface area contributed by atoms with E-state index in [-0.39, 0.29) is 0 Å². The number of nitrogens with one attached hydrogen (secondary N) is 1. The van der Waals surface area contributed by atoms with Gasteiger partial charge >= 0.3 is 0 Å². The molecule has 0 aliphatic rings. The molecule has 0 amide bonds. The van der Waals surface area contributed by atoms with Crippen molar-refractivity contribution >= 4 is 0 Å². The summed E-state index contributed by atoms with van der Waals surface area (Å²) in [6.45, 7) is 9.74. The van der Waals surface area contributed by atoms with Crippen molar-refractivity contribution in [1.82, 2.24) is 24.8 Å². The van der Waals surface area contributed by atoms with E-state index < -0.39 is 0 Å². The van der Waals surface area contributed by atoms with E-state index in [2.05, 4.69) is 34.1 Å². The van der Waals surface area contributed by atoms with Crippen LogP contribution in [0.4, 0.5) is 0 Å². The molecule has 5 heteroatoms. The average Bonchev–Trinajstić information content (AvgIpc) is 2.68. The first-order valence-corrected chi connectivity index (χ1v) is 6.17. The Hall–Kier alpha value is -1.75. The Kier molecular flexibility index (Phi) is 3.72. The van der Waals surface area contributed by atoms with Crippen LogP contribution in [-0.2, 0) is 6.54 Å². The van der Waals surface area contributed by atoms with Crippen molar-refractivity contribution < 1.29 is 0 Å². The van der Waals surface area contributed by atoms with Gasteiger partial charge in [0.2, 0.25) is 0 Å². The highest BCUT2D eigenvalue weighted by Gasteiger charge is 2.11. The van der Waals surface area contributed by atoms with Gasteiger partial charge in [0.15, 0.2) is 0 Å². The monoisotopic (exact) mass is 245 g/mol. The van der Waals surface area contributed by atoms with E-state index in [1.807, 2.05) is 30.9 Å². The van der Waals surface area contributed by atoms with E-state index in [4.69, 9.17) is 0 Å². The molecular weight excluding hydrogens is 226 g/mol. The second kappa shape index (κ2) is 5.27. The van der Waals surface area contributed by atoms with Gasteiger partial charge < -0.3 is 5.32 Å². The third kappa shape index (κ3) is 2.41. The van der Waals surface area contributed by atoms with Crippen molar-refractivity contribution in [1.29, 1.82) is 0 Å². The zero-order valence-electron chi connectivity index (χ0n) is 11.4. The Morgan fingerprint density at radius 1 is 1.22 bits per heavy atom. The molecule has 2 aromatic heterocycles. The van der Waals surface area contributed by atoms with Crippen LogP contribution in [0.2, 0.25) is 0 Å². The highest BCUT2D eigenvalue weighted by Crippen LogP contribution is 2.15. The summed E-state index contributed by atoms with van der Waals surface area (Å²) in [6.07, 6.45) is 3.71. The van der Waals surface area contributed by atoms with Crippen LogP contribution >= 0.6 is 0 Å². The van der Waals surface area contributed by atoms with E-state index in [1.165, 1.54) is 0 Å². The molecule has 2 rings (SSSR count). The van der Waals surface area contributed by atoms with E-state index in [9.17, 15) is 0 Å². The second-order valence-corrected chi connectivity index (χ2v) is 4.33. The Balaban J connectivity index is 2.47. The minimum Gasteiger partial charge on any atom is -0.313 e. The largest absolute Gasteiger partial charge is 0.313 e. The summed E-state index contributed by atoms with van der Waals surface area (Å²) >= 11 is 0. The quantitative estimate of drug-likeness (QED) is 0.890. The third-order valence-corrected chi connectivity index (χ3v) is 3.01. The minimum atomic E-state index is 0.767. The lowest BCUT2D eigenvalue weighted by molar-refractivity contribution is 0.710. The second-order valence-electron chi connectivity index (χ2n) is 4.33. The van der Waals surface area contributed by atoms with Crippen LogP contribution in [0.5, 0.6) is 0 Å².